The Balaban J connectivity index is 2.17. The lowest BCUT2D eigenvalue weighted by molar-refractivity contribution is -0.127. The number of nitrogens with one attached hydrogen (secondary N) is 1. The molecule has 20 heavy (non-hydrogen) atoms. The molecule has 106 valence electrons. The average Bonchev–Trinajstić information content (AvgIpc) is 2.92. The highest BCUT2D eigenvalue weighted by Gasteiger charge is 2.32. The van der Waals surface area contributed by atoms with Gasteiger partial charge in [0.25, 0.3) is 5.91 Å². The number of piperazine rings is 1. The van der Waals surface area contributed by atoms with Crippen molar-refractivity contribution >= 4 is 23.2 Å². The Kier molecular flexibility index (Phi) is 4.77. The molecule has 1 unspecified atom stereocenters. The summed E-state index contributed by atoms with van der Waals surface area (Å²) in [6.07, 6.45) is 0.614. The second kappa shape index (κ2) is 6.55. The Morgan fingerprint density at radius 1 is 1.60 bits per heavy atom. The molecule has 0 radical (unpaired) electrons. The van der Waals surface area contributed by atoms with Crippen LogP contribution in [-0.2, 0) is 4.79 Å². The predicted octanol–water partition coefficient (Wildman–Crippen LogP) is 0.409. The lowest BCUT2D eigenvalue weighted by Crippen LogP contribution is -2.56. The third kappa shape index (κ3) is 3.00. The van der Waals surface area contributed by atoms with Crippen LogP contribution in [0, 0.1) is 11.8 Å². The lowest BCUT2D eigenvalue weighted by atomic mass is 10.1. The highest BCUT2D eigenvalue weighted by Crippen LogP contribution is 2.20. The summed E-state index contributed by atoms with van der Waals surface area (Å²) in [5.74, 6) is 5.50. The van der Waals surface area contributed by atoms with Gasteiger partial charge in [0.15, 0.2) is 0 Å². The van der Waals surface area contributed by atoms with E-state index in [9.17, 15) is 9.59 Å². The maximum Gasteiger partial charge on any atom is 0.264 e. The molecule has 2 heterocycles. The maximum atomic E-state index is 12.5. The SMILES string of the molecule is CCC1C(=O)NCCN1C(=O)c1ccc(C#CCN)s1. The number of carbonyl (C=O) groups excluding carboxylic acids is 2. The van der Waals surface area contributed by atoms with Crippen molar-refractivity contribution in [3.63, 3.8) is 0 Å². The van der Waals surface area contributed by atoms with Crippen LogP contribution in [0.4, 0.5) is 0 Å². The Bertz CT molecular complexity index is 570. The summed E-state index contributed by atoms with van der Waals surface area (Å²) in [5, 5.41) is 2.79. The number of nitrogens with zero attached hydrogens (tertiary/aromatic N) is 1. The van der Waals surface area contributed by atoms with Crippen LogP contribution in [0.2, 0.25) is 0 Å². The Labute approximate surface area is 122 Å². The van der Waals surface area contributed by atoms with Crippen molar-refractivity contribution in [2.24, 2.45) is 5.73 Å². The minimum Gasteiger partial charge on any atom is -0.353 e. The summed E-state index contributed by atoms with van der Waals surface area (Å²) in [6.45, 7) is 3.25. The van der Waals surface area contributed by atoms with E-state index in [1.807, 2.05) is 13.0 Å². The summed E-state index contributed by atoms with van der Waals surface area (Å²) in [5.41, 5.74) is 5.32. The van der Waals surface area contributed by atoms with Gasteiger partial charge in [-0.25, -0.2) is 0 Å². The fourth-order valence-electron chi connectivity index (χ4n) is 2.16. The zero-order valence-electron chi connectivity index (χ0n) is 11.3. The van der Waals surface area contributed by atoms with Crippen molar-refractivity contribution in [3.05, 3.63) is 21.9 Å². The van der Waals surface area contributed by atoms with Gasteiger partial charge in [-0.2, -0.15) is 0 Å². The van der Waals surface area contributed by atoms with Crippen molar-refractivity contribution in [3.8, 4) is 11.8 Å². The second-order valence-corrected chi connectivity index (χ2v) is 5.47. The van der Waals surface area contributed by atoms with Gasteiger partial charge in [-0.05, 0) is 18.6 Å². The van der Waals surface area contributed by atoms with E-state index < -0.39 is 0 Å². The second-order valence-electron chi connectivity index (χ2n) is 4.38. The third-order valence-electron chi connectivity index (χ3n) is 3.11. The van der Waals surface area contributed by atoms with Crippen LogP contribution in [0.15, 0.2) is 12.1 Å². The normalized spacial score (nSPS) is 18.2. The molecule has 1 aliphatic heterocycles. The van der Waals surface area contributed by atoms with Crippen LogP contribution in [0.3, 0.4) is 0 Å². The topological polar surface area (TPSA) is 75.4 Å². The van der Waals surface area contributed by atoms with Gasteiger partial charge in [-0.3, -0.25) is 9.59 Å². The van der Waals surface area contributed by atoms with E-state index >= 15 is 0 Å². The first kappa shape index (κ1) is 14.6. The maximum absolute atomic E-state index is 12.5. The van der Waals surface area contributed by atoms with Crippen molar-refractivity contribution in [2.75, 3.05) is 19.6 Å². The van der Waals surface area contributed by atoms with E-state index in [0.29, 0.717) is 30.9 Å². The molecule has 1 aliphatic rings. The standard InChI is InChI=1S/C14H17N3O2S/c1-2-11-13(18)16-8-9-17(11)14(19)12-6-5-10(20-12)4-3-7-15/h5-6,11H,2,7-9,15H2,1H3,(H,16,18). The van der Waals surface area contributed by atoms with Crippen LogP contribution in [0.5, 0.6) is 0 Å². The summed E-state index contributed by atoms with van der Waals surface area (Å²) in [7, 11) is 0. The van der Waals surface area contributed by atoms with Gasteiger partial charge in [-0.1, -0.05) is 18.8 Å². The molecule has 2 rings (SSSR count). The summed E-state index contributed by atoms with van der Waals surface area (Å²) >= 11 is 1.34. The lowest BCUT2D eigenvalue weighted by Gasteiger charge is -2.34. The fourth-order valence-corrected chi connectivity index (χ4v) is 3.00. The quantitative estimate of drug-likeness (QED) is 0.775. The summed E-state index contributed by atoms with van der Waals surface area (Å²) in [6, 6.07) is 3.19. The molecule has 3 N–H and O–H groups in total. The first-order valence-electron chi connectivity index (χ1n) is 6.54. The molecule has 0 spiro atoms. The van der Waals surface area contributed by atoms with Crippen LogP contribution in [0.25, 0.3) is 0 Å². The number of hydrogen-bond acceptors (Lipinski definition) is 4. The van der Waals surface area contributed by atoms with E-state index in [1.54, 1.807) is 11.0 Å². The van der Waals surface area contributed by atoms with E-state index in [4.69, 9.17) is 5.73 Å². The van der Waals surface area contributed by atoms with E-state index in [0.717, 1.165) is 4.88 Å². The third-order valence-corrected chi connectivity index (χ3v) is 4.10. The Hall–Kier alpha value is -1.84. The molecule has 1 saturated heterocycles. The highest BCUT2D eigenvalue weighted by molar-refractivity contribution is 7.14. The minimum absolute atomic E-state index is 0.0770. The Morgan fingerprint density at radius 2 is 2.40 bits per heavy atom. The van der Waals surface area contributed by atoms with Gasteiger partial charge in [-0.15, -0.1) is 11.3 Å². The molecule has 0 aliphatic carbocycles. The molecule has 1 atom stereocenters. The number of amides is 2. The first-order chi connectivity index (χ1) is 9.67. The molecule has 5 nitrogen and oxygen atoms in total. The van der Waals surface area contributed by atoms with Gasteiger partial charge in [0.2, 0.25) is 5.91 Å². The largest absolute Gasteiger partial charge is 0.353 e. The van der Waals surface area contributed by atoms with Crippen LogP contribution < -0.4 is 11.1 Å². The molecule has 1 fully saturated rings. The molecule has 0 bridgehead atoms. The highest BCUT2D eigenvalue weighted by atomic mass is 32.1. The molecule has 0 saturated carbocycles. The molecule has 2 amide bonds. The van der Waals surface area contributed by atoms with Crippen LogP contribution >= 0.6 is 11.3 Å². The monoisotopic (exact) mass is 291 g/mol. The van der Waals surface area contributed by atoms with Gasteiger partial charge in [0.1, 0.15) is 6.04 Å². The van der Waals surface area contributed by atoms with Crippen LogP contribution in [0.1, 0.15) is 27.9 Å². The van der Waals surface area contributed by atoms with E-state index in [1.165, 1.54) is 11.3 Å². The van der Waals surface area contributed by atoms with Crippen molar-refractivity contribution in [1.29, 1.82) is 0 Å². The van der Waals surface area contributed by atoms with Crippen LogP contribution in [-0.4, -0.2) is 42.4 Å². The van der Waals surface area contributed by atoms with Gasteiger partial charge in [0.05, 0.1) is 16.3 Å². The smallest absolute Gasteiger partial charge is 0.264 e. The van der Waals surface area contributed by atoms with Crippen molar-refractivity contribution in [1.82, 2.24) is 10.2 Å². The number of thiophene rings is 1. The first-order valence-corrected chi connectivity index (χ1v) is 7.36. The number of carbonyl (C=O) groups is 2. The fraction of sp³-hybridized carbons (Fsp3) is 0.429. The average molecular weight is 291 g/mol. The summed E-state index contributed by atoms with van der Waals surface area (Å²) < 4.78 is 0. The number of nitrogens with two attached hydrogens (primary N) is 1. The van der Waals surface area contributed by atoms with Gasteiger partial charge < -0.3 is 16.0 Å². The molecular weight excluding hydrogens is 274 g/mol. The van der Waals surface area contributed by atoms with E-state index in [2.05, 4.69) is 17.2 Å². The zero-order valence-corrected chi connectivity index (χ0v) is 12.1. The van der Waals surface area contributed by atoms with Gasteiger partial charge >= 0.3 is 0 Å². The van der Waals surface area contributed by atoms with Crippen molar-refractivity contribution < 1.29 is 9.59 Å². The molecule has 0 aromatic carbocycles. The summed E-state index contributed by atoms with van der Waals surface area (Å²) in [4.78, 5) is 27.3. The molecule has 6 heteroatoms. The minimum atomic E-state index is -0.378. The molecule has 1 aromatic rings. The zero-order chi connectivity index (χ0) is 14.5. The number of rotatable bonds is 2. The molecule has 1 aromatic heterocycles. The Morgan fingerprint density at radius 3 is 3.10 bits per heavy atom. The van der Waals surface area contributed by atoms with Gasteiger partial charge in [0, 0.05) is 13.1 Å². The number of hydrogen-bond donors (Lipinski definition) is 2. The van der Waals surface area contributed by atoms with E-state index in [-0.39, 0.29) is 17.9 Å². The van der Waals surface area contributed by atoms with Crippen molar-refractivity contribution in [2.45, 2.75) is 19.4 Å². The predicted molar refractivity (Wildman–Crippen MR) is 78.4 cm³/mol. The molecular formula is C14H17N3O2S.